The first kappa shape index (κ1) is 12.0. The van der Waals surface area contributed by atoms with Crippen molar-refractivity contribution >= 4 is 11.8 Å². The van der Waals surface area contributed by atoms with Crippen molar-refractivity contribution in [3.8, 4) is 11.3 Å². The Morgan fingerprint density at radius 2 is 1.88 bits per heavy atom. The Bertz CT molecular complexity index is 521. The Kier molecular flexibility index (Phi) is 3.10. The standard InChI is InChI=1S/C10H6F4N2S/c11-7-4-2-1-3-6(7)8-5-15-9(16-8)17-10(12,13)14/h1-5H,(H,15,16). The fourth-order valence-electron chi connectivity index (χ4n) is 1.28. The molecule has 17 heavy (non-hydrogen) atoms. The monoisotopic (exact) mass is 262 g/mol. The SMILES string of the molecule is Fc1ccccc1-c1cnc(SC(F)(F)F)[nH]1. The lowest BCUT2D eigenvalue weighted by Crippen LogP contribution is -1.99. The van der Waals surface area contributed by atoms with Crippen molar-refractivity contribution < 1.29 is 17.6 Å². The fourth-order valence-corrected chi connectivity index (χ4v) is 1.77. The summed E-state index contributed by atoms with van der Waals surface area (Å²) in [4.78, 5) is 5.96. The molecule has 0 saturated carbocycles. The average Bonchev–Trinajstić information content (AvgIpc) is 2.64. The number of nitrogens with one attached hydrogen (secondary N) is 1. The molecule has 2 aromatic rings. The highest BCUT2D eigenvalue weighted by Gasteiger charge is 2.31. The number of aromatic nitrogens is 2. The minimum Gasteiger partial charge on any atom is -0.333 e. The molecule has 0 atom stereocenters. The van der Waals surface area contributed by atoms with Crippen molar-refractivity contribution in [2.24, 2.45) is 0 Å². The largest absolute Gasteiger partial charge is 0.449 e. The van der Waals surface area contributed by atoms with E-state index in [1.807, 2.05) is 0 Å². The molecule has 0 amide bonds. The van der Waals surface area contributed by atoms with Crippen LogP contribution in [0.1, 0.15) is 0 Å². The third-order valence-electron chi connectivity index (χ3n) is 1.93. The van der Waals surface area contributed by atoms with Crippen LogP contribution in [-0.4, -0.2) is 15.5 Å². The van der Waals surface area contributed by atoms with Crippen LogP contribution in [0.25, 0.3) is 11.3 Å². The highest BCUT2D eigenvalue weighted by atomic mass is 32.2. The first-order valence-corrected chi connectivity index (χ1v) is 5.33. The molecule has 1 aromatic heterocycles. The van der Waals surface area contributed by atoms with Gasteiger partial charge in [-0.25, -0.2) is 9.37 Å². The predicted octanol–water partition coefficient (Wildman–Crippen LogP) is 3.83. The Labute approximate surface area is 98.1 Å². The first-order chi connectivity index (χ1) is 7.96. The number of imidazole rings is 1. The van der Waals surface area contributed by atoms with Gasteiger partial charge in [0.15, 0.2) is 5.16 Å². The van der Waals surface area contributed by atoms with Crippen molar-refractivity contribution in [1.29, 1.82) is 0 Å². The zero-order chi connectivity index (χ0) is 12.5. The molecule has 0 saturated heterocycles. The minimum atomic E-state index is -4.41. The summed E-state index contributed by atoms with van der Waals surface area (Å²) in [6, 6.07) is 5.79. The summed E-state index contributed by atoms with van der Waals surface area (Å²) in [5.74, 6) is -0.514. The number of H-pyrrole nitrogens is 1. The zero-order valence-electron chi connectivity index (χ0n) is 8.25. The molecule has 0 aliphatic carbocycles. The molecule has 0 bridgehead atoms. The molecule has 0 aliphatic rings. The van der Waals surface area contributed by atoms with Crippen molar-refractivity contribution in [1.82, 2.24) is 9.97 Å². The smallest absolute Gasteiger partial charge is 0.333 e. The Morgan fingerprint density at radius 1 is 1.18 bits per heavy atom. The molecule has 0 fully saturated rings. The van der Waals surface area contributed by atoms with Gasteiger partial charge in [-0.05, 0) is 12.1 Å². The maximum atomic E-state index is 13.3. The predicted molar refractivity (Wildman–Crippen MR) is 55.9 cm³/mol. The molecule has 0 unspecified atom stereocenters. The van der Waals surface area contributed by atoms with Gasteiger partial charge >= 0.3 is 5.51 Å². The van der Waals surface area contributed by atoms with Crippen LogP contribution in [0.2, 0.25) is 0 Å². The maximum Gasteiger partial charge on any atom is 0.449 e. The second-order valence-corrected chi connectivity index (χ2v) is 4.18. The molecular formula is C10H6F4N2S. The molecule has 7 heteroatoms. The normalized spacial score (nSPS) is 11.8. The van der Waals surface area contributed by atoms with Crippen LogP contribution in [0, 0.1) is 5.82 Å². The van der Waals surface area contributed by atoms with Gasteiger partial charge in [0.2, 0.25) is 0 Å². The van der Waals surface area contributed by atoms with Crippen molar-refractivity contribution in [3.05, 3.63) is 36.3 Å². The van der Waals surface area contributed by atoms with Crippen LogP contribution in [-0.2, 0) is 0 Å². The molecule has 0 aliphatic heterocycles. The van der Waals surface area contributed by atoms with Gasteiger partial charge in [0.1, 0.15) is 5.82 Å². The molecule has 90 valence electrons. The van der Waals surface area contributed by atoms with Crippen molar-refractivity contribution in [3.63, 3.8) is 0 Å². The highest BCUT2D eigenvalue weighted by molar-refractivity contribution is 8.00. The molecule has 1 aromatic carbocycles. The van der Waals surface area contributed by atoms with E-state index in [0.29, 0.717) is 0 Å². The molecule has 2 nitrogen and oxygen atoms in total. The summed E-state index contributed by atoms with van der Waals surface area (Å²) < 4.78 is 49.5. The van der Waals surface area contributed by atoms with E-state index in [1.165, 1.54) is 24.4 Å². The van der Waals surface area contributed by atoms with Gasteiger partial charge in [-0.1, -0.05) is 12.1 Å². The van der Waals surface area contributed by atoms with E-state index >= 15 is 0 Å². The lowest BCUT2D eigenvalue weighted by atomic mass is 10.1. The van der Waals surface area contributed by atoms with Gasteiger partial charge < -0.3 is 4.98 Å². The number of rotatable bonds is 2. The third-order valence-corrected chi connectivity index (χ3v) is 2.56. The van der Waals surface area contributed by atoms with Crippen molar-refractivity contribution in [2.45, 2.75) is 10.7 Å². The second kappa shape index (κ2) is 4.40. The van der Waals surface area contributed by atoms with Crippen molar-refractivity contribution in [2.75, 3.05) is 0 Å². The van der Waals surface area contributed by atoms with Crippen LogP contribution < -0.4 is 0 Å². The van der Waals surface area contributed by atoms with Crippen LogP contribution >= 0.6 is 11.8 Å². The van der Waals surface area contributed by atoms with E-state index in [0.717, 1.165) is 0 Å². The molecule has 0 radical (unpaired) electrons. The Hall–Kier alpha value is -1.50. The van der Waals surface area contributed by atoms with E-state index in [-0.39, 0.29) is 28.2 Å². The summed E-state index contributed by atoms with van der Waals surface area (Å²) in [6.45, 7) is 0. The summed E-state index contributed by atoms with van der Waals surface area (Å²) in [7, 11) is 0. The quantitative estimate of drug-likeness (QED) is 0.658. The van der Waals surface area contributed by atoms with E-state index in [1.54, 1.807) is 6.07 Å². The number of benzene rings is 1. The summed E-state index contributed by atoms with van der Waals surface area (Å²) in [5, 5.41) is -0.309. The number of nitrogens with zero attached hydrogens (tertiary/aromatic N) is 1. The lowest BCUT2D eigenvalue weighted by molar-refractivity contribution is -0.0330. The van der Waals surface area contributed by atoms with E-state index in [4.69, 9.17) is 0 Å². The van der Waals surface area contributed by atoms with Gasteiger partial charge in [-0.2, -0.15) is 13.2 Å². The molecule has 2 rings (SSSR count). The number of hydrogen-bond acceptors (Lipinski definition) is 2. The number of halogens is 4. The summed E-state index contributed by atoms with van der Waals surface area (Å²) >= 11 is -0.367. The van der Waals surface area contributed by atoms with Crippen LogP contribution in [0.4, 0.5) is 17.6 Å². The van der Waals surface area contributed by atoms with Gasteiger partial charge in [-0.15, -0.1) is 0 Å². The number of hydrogen-bond donors (Lipinski definition) is 1. The maximum absolute atomic E-state index is 13.3. The number of aromatic amines is 1. The van der Waals surface area contributed by atoms with Gasteiger partial charge in [-0.3, -0.25) is 0 Å². The summed E-state index contributed by atoms with van der Waals surface area (Å²) in [6.07, 6.45) is 1.17. The topological polar surface area (TPSA) is 28.7 Å². The van der Waals surface area contributed by atoms with E-state index < -0.39 is 11.3 Å². The second-order valence-electron chi connectivity index (χ2n) is 3.13. The molecular weight excluding hydrogens is 256 g/mol. The third kappa shape index (κ3) is 3.00. The highest BCUT2D eigenvalue weighted by Crippen LogP contribution is 2.36. The average molecular weight is 262 g/mol. The van der Waals surface area contributed by atoms with Crippen LogP contribution in [0.15, 0.2) is 35.6 Å². The first-order valence-electron chi connectivity index (χ1n) is 4.51. The molecule has 0 spiro atoms. The summed E-state index contributed by atoms with van der Waals surface area (Å²) in [5.41, 5.74) is -4.01. The van der Waals surface area contributed by atoms with Gasteiger partial charge in [0, 0.05) is 17.3 Å². The van der Waals surface area contributed by atoms with E-state index in [9.17, 15) is 17.6 Å². The molecule has 1 heterocycles. The zero-order valence-corrected chi connectivity index (χ0v) is 9.07. The minimum absolute atomic E-state index is 0.189. The molecule has 1 N–H and O–H groups in total. The van der Waals surface area contributed by atoms with Gasteiger partial charge in [0.25, 0.3) is 0 Å². The fraction of sp³-hybridized carbons (Fsp3) is 0.100. The van der Waals surface area contributed by atoms with Gasteiger partial charge in [0.05, 0.1) is 11.9 Å². The number of thioether (sulfide) groups is 1. The number of alkyl halides is 3. The Balaban J connectivity index is 2.28. The Morgan fingerprint density at radius 3 is 2.53 bits per heavy atom. The lowest BCUT2D eigenvalue weighted by Gasteiger charge is -2.01. The van der Waals surface area contributed by atoms with E-state index in [2.05, 4.69) is 9.97 Å². The van der Waals surface area contributed by atoms with Crippen LogP contribution in [0.3, 0.4) is 0 Å². The van der Waals surface area contributed by atoms with Crippen LogP contribution in [0.5, 0.6) is 0 Å².